The van der Waals surface area contributed by atoms with Crippen molar-refractivity contribution in [2.24, 2.45) is 5.11 Å². The van der Waals surface area contributed by atoms with E-state index in [0.717, 1.165) is 25.7 Å². The minimum absolute atomic E-state index is 0.393. The van der Waals surface area contributed by atoms with E-state index in [1.807, 2.05) is 20.8 Å². The molecule has 0 aromatic carbocycles. The van der Waals surface area contributed by atoms with Crippen LogP contribution in [0.15, 0.2) is 5.11 Å². The summed E-state index contributed by atoms with van der Waals surface area (Å²) in [6.45, 7) is 7.91. The average Bonchev–Trinajstić information content (AvgIpc) is 2.34. The lowest BCUT2D eigenvalue weighted by molar-refractivity contribution is 0.0519. The smallest absolute Gasteiger partial charge is 0.407 e. The molecule has 1 amide bonds. The minimum Gasteiger partial charge on any atom is -0.444 e. The van der Waals surface area contributed by atoms with Crippen LogP contribution in [0, 0.1) is 0 Å². The Labute approximate surface area is 120 Å². The molecule has 1 N–H and O–H groups in total. The number of carbonyl (C=O) groups excluding carboxylic acids is 1. The van der Waals surface area contributed by atoms with Crippen molar-refractivity contribution in [1.29, 1.82) is 0 Å². The van der Waals surface area contributed by atoms with Crippen LogP contribution in [0.1, 0.15) is 46.5 Å². The first-order valence-corrected chi connectivity index (χ1v) is 7.01. The van der Waals surface area contributed by atoms with Gasteiger partial charge in [0.2, 0.25) is 0 Å². The van der Waals surface area contributed by atoms with Crippen LogP contribution in [0.4, 0.5) is 4.79 Å². The van der Waals surface area contributed by atoms with Gasteiger partial charge < -0.3 is 14.8 Å². The molecule has 0 saturated heterocycles. The molecule has 0 unspecified atom stereocenters. The number of alkyl carbamates (subject to hydrolysis) is 1. The quantitative estimate of drug-likeness (QED) is 0.288. The third-order valence-corrected chi connectivity index (χ3v) is 2.24. The summed E-state index contributed by atoms with van der Waals surface area (Å²) in [5.41, 5.74) is 7.62. The van der Waals surface area contributed by atoms with Crippen LogP contribution in [-0.2, 0) is 9.47 Å². The van der Waals surface area contributed by atoms with Gasteiger partial charge in [0.1, 0.15) is 5.60 Å². The minimum atomic E-state index is -0.462. The van der Waals surface area contributed by atoms with Crippen molar-refractivity contribution in [2.75, 3.05) is 26.3 Å². The fourth-order valence-electron chi connectivity index (χ4n) is 1.39. The summed E-state index contributed by atoms with van der Waals surface area (Å²) in [4.78, 5) is 14.0. The number of carbonyl (C=O) groups is 1. The van der Waals surface area contributed by atoms with Crippen LogP contribution in [0.25, 0.3) is 10.4 Å². The molecule has 0 aliphatic carbocycles. The number of hydrogen-bond donors (Lipinski definition) is 1. The zero-order valence-electron chi connectivity index (χ0n) is 12.7. The van der Waals surface area contributed by atoms with Gasteiger partial charge in [0.25, 0.3) is 0 Å². The maximum Gasteiger partial charge on any atom is 0.407 e. The highest BCUT2D eigenvalue weighted by atomic mass is 16.6. The normalized spacial score (nSPS) is 10.8. The van der Waals surface area contributed by atoms with Gasteiger partial charge in [0.05, 0.1) is 0 Å². The van der Waals surface area contributed by atoms with Crippen molar-refractivity contribution in [2.45, 2.75) is 52.1 Å². The molecule has 0 heterocycles. The van der Waals surface area contributed by atoms with Crippen molar-refractivity contribution in [3.63, 3.8) is 0 Å². The van der Waals surface area contributed by atoms with E-state index in [-0.39, 0.29) is 0 Å². The van der Waals surface area contributed by atoms with Gasteiger partial charge in [-0.2, -0.15) is 0 Å². The van der Waals surface area contributed by atoms with Gasteiger partial charge in [0, 0.05) is 31.2 Å². The third kappa shape index (κ3) is 14.6. The molecule has 0 bridgehead atoms. The van der Waals surface area contributed by atoms with Crippen LogP contribution in [0.2, 0.25) is 0 Å². The summed E-state index contributed by atoms with van der Waals surface area (Å²) in [7, 11) is 0. The standard InChI is InChI=1S/C13H26N4O3/c1-13(2,3)20-12(18)15-8-7-11-19-10-6-4-5-9-16-17-14/h4-11H2,1-3H3,(H,15,18). The number of azide groups is 1. The van der Waals surface area contributed by atoms with E-state index >= 15 is 0 Å². The van der Waals surface area contributed by atoms with Crippen LogP contribution < -0.4 is 5.32 Å². The molecule has 0 spiro atoms. The summed E-state index contributed by atoms with van der Waals surface area (Å²) in [6, 6.07) is 0. The van der Waals surface area contributed by atoms with Crippen LogP contribution in [0.3, 0.4) is 0 Å². The summed E-state index contributed by atoms with van der Waals surface area (Å²) < 4.78 is 10.5. The van der Waals surface area contributed by atoms with Crippen LogP contribution >= 0.6 is 0 Å². The maximum atomic E-state index is 11.3. The molecule has 0 rings (SSSR count). The summed E-state index contributed by atoms with van der Waals surface area (Å²) >= 11 is 0. The topological polar surface area (TPSA) is 96.3 Å². The van der Waals surface area contributed by atoms with Crippen molar-refractivity contribution < 1.29 is 14.3 Å². The monoisotopic (exact) mass is 286 g/mol. The molecule has 0 saturated carbocycles. The molecule has 0 aliphatic rings. The highest BCUT2D eigenvalue weighted by molar-refractivity contribution is 5.67. The van der Waals surface area contributed by atoms with Crippen molar-refractivity contribution >= 4 is 6.09 Å². The Morgan fingerprint density at radius 2 is 1.90 bits per heavy atom. The number of amides is 1. The Morgan fingerprint density at radius 1 is 1.20 bits per heavy atom. The SMILES string of the molecule is CC(C)(C)OC(=O)NCCCOCCCCCN=[N+]=[N-]. The second-order valence-corrected chi connectivity index (χ2v) is 5.41. The van der Waals surface area contributed by atoms with Crippen molar-refractivity contribution in [3.05, 3.63) is 10.4 Å². The third-order valence-electron chi connectivity index (χ3n) is 2.24. The number of ether oxygens (including phenoxy) is 2. The number of unbranched alkanes of at least 4 members (excludes halogenated alkanes) is 2. The largest absolute Gasteiger partial charge is 0.444 e. The molecule has 0 radical (unpaired) electrons. The summed E-state index contributed by atoms with van der Waals surface area (Å²) in [5.74, 6) is 0. The molecule has 0 atom stereocenters. The Balaban J connectivity index is 3.24. The zero-order chi connectivity index (χ0) is 15.3. The Morgan fingerprint density at radius 3 is 2.55 bits per heavy atom. The average molecular weight is 286 g/mol. The highest BCUT2D eigenvalue weighted by Gasteiger charge is 2.15. The van der Waals surface area contributed by atoms with Crippen LogP contribution in [-0.4, -0.2) is 38.0 Å². The highest BCUT2D eigenvalue weighted by Crippen LogP contribution is 2.06. The van der Waals surface area contributed by atoms with Crippen molar-refractivity contribution in [1.82, 2.24) is 5.32 Å². The molecule has 116 valence electrons. The molecule has 20 heavy (non-hydrogen) atoms. The number of rotatable bonds is 10. The predicted octanol–water partition coefficient (Wildman–Crippen LogP) is 3.40. The number of nitrogens with zero attached hydrogens (tertiary/aromatic N) is 3. The van der Waals surface area contributed by atoms with E-state index in [2.05, 4.69) is 15.3 Å². The molecule has 7 heteroatoms. The second-order valence-electron chi connectivity index (χ2n) is 5.41. The van der Waals surface area contributed by atoms with Gasteiger partial charge in [-0.3, -0.25) is 0 Å². The second kappa shape index (κ2) is 11.4. The molecular formula is C13H26N4O3. The van der Waals surface area contributed by atoms with E-state index in [1.54, 1.807) is 0 Å². The Bertz CT molecular complexity index is 309. The number of nitrogens with one attached hydrogen (secondary N) is 1. The van der Waals surface area contributed by atoms with E-state index in [4.69, 9.17) is 15.0 Å². The van der Waals surface area contributed by atoms with Crippen LogP contribution in [0.5, 0.6) is 0 Å². The molecule has 0 aromatic rings. The van der Waals surface area contributed by atoms with Gasteiger partial charge in [-0.15, -0.1) is 0 Å². The Hall–Kier alpha value is -1.46. The number of hydrogen-bond acceptors (Lipinski definition) is 4. The molecule has 0 aliphatic heterocycles. The maximum absolute atomic E-state index is 11.3. The lowest BCUT2D eigenvalue weighted by atomic mass is 10.2. The molecular weight excluding hydrogens is 260 g/mol. The van der Waals surface area contributed by atoms with Gasteiger partial charge in [-0.1, -0.05) is 11.5 Å². The molecule has 7 nitrogen and oxygen atoms in total. The lowest BCUT2D eigenvalue weighted by Gasteiger charge is -2.19. The van der Waals surface area contributed by atoms with E-state index < -0.39 is 11.7 Å². The summed E-state index contributed by atoms with van der Waals surface area (Å²) in [5, 5.41) is 6.14. The first kappa shape index (κ1) is 18.5. The fraction of sp³-hybridized carbons (Fsp3) is 0.923. The van der Waals surface area contributed by atoms with E-state index in [9.17, 15) is 4.79 Å². The fourth-order valence-corrected chi connectivity index (χ4v) is 1.39. The van der Waals surface area contributed by atoms with Gasteiger partial charge in [-0.05, 0) is 45.6 Å². The Kier molecular flexibility index (Phi) is 10.5. The first-order chi connectivity index (χ1) is 9.45. The van der Waals surface area contributed by atoms with Gasteiger partial charge in [0.15, 0.2) is 0 Å². The van der Waals surface area contributed by atoms with E-state index in [1.165, 1.54) is 0 Å². The molecule has 0 fully saturated rings. The first-order valence-electron chi connectivity index (χ1n) is 7.01. The lowest BCUT2D eigenvalue weighted by Crippen LogP contribution is -2.33. The summed E-state index contributed by atoms with van der Waals surface area (Å²) in [6.07, 6.45) is 3.22. The van der Waals surface area contributed by atoms with Gasteiger partial charge >= 0.3 is 6.09 Å². The zero-order valence-corrected chi connectivity index (χ0v) is 12.7. The van der Waals surface area contributed by atoms with Gasteiger partial charge in [-0.25, -0.2) is 4.79 Å². The predicted molar refractivity (Wildman–Crippen MR) is 77.5 cm³/mol. The van der Waals surface area contributed by atoms with Crippen molar-refractivity contribution in [3.8, 4) is 0 Å². The molecule has 0 aromatic heterocycles. The van der Waals surface area contributed by atoms with E-state index in [0.29, 0.717) is 26.3 Å².